The van der Waals surface area contributed by atoms with Crippen molar-refractivity contribution in [1.82, 2.24) is 5.32 Å². The Kier molecular flexibility index (Phi) is 5.98. The van der Waals surface area contributed by atoms with Gasteiger partial charge in [0.15, 0.2) is 0 Å². The van der Waals surface area contributed by atoms with Crippen LogP contribution in [0.15, 0.2) is 35.0 Å². The zero-order valence-electron chi connectivity index (χ0n) is 12.2. The Labute approximate surface area is 138 Å². The molecule has 4 nitrogen and oxygen atoms in total. The second-order valence-corrected chi connectivity index (χ2v) is 6.09. The Hall–Kier alpha value is -1.85. The predicted octanol–water partition coefficient (Wildman–Crippen LogP) is 3.86. The molecule has 22 heavy (non-hydrogen) atoms. The highest BCUT2D eigenvalue weighted by Crippen LogP contribution is 2.22. The van der Waals surface area contributed by atoms with Crippen LogP contribution in [-0.4, -0.2) is 18.4 Å². The minimum absolute atomic E-state index is 0.108. The van der Waals surface area contributed by atoms with Gasteiger partial charge in [0.25, 0.3) is 5.91 Å². The molecule has 1 aromatic heterocycles. The maximum Gasteiger partial charge on any atom is 0.252 e. The molecule has 0 aliphatic carbocycles. The summed E-state index contributed by atoms with van der Waals surface area (Å²) in [6, 6.07) is 7.25. The molecule has 6 heteroatoms. The Morgan fingerprint density at radius 1 is 1.27 bits per heavy atom. The van der Waals surface area contributed by atoms with Gasteiger partial charge in [0.2, 0.25) is 5.91 Å². The van der Waals surface area contributed by atoms with Gasteiger partial charge in [-0.05, 0) is 42.5 Å². The van der Waals surface area contributed by atoms with Crippen molar-refractivity contribution in [1.29, 1.82) is 0 Å². The van der Waals surface area contributed by atoms with E-state index < -0.39 is 0 Å². The van der Waals surface area contributed by atoms with Gasteiger partial charge in [0.05, 0.1) is 10.7 Å². The first-order valence-electron chi connectivity index (χ1n) is 6.92. The van der Waals surface area contributed by atoms with Gasteiger partial charge < -0.3 is 10.6 Å². The molecular weight excluding hydrogens is 320 g/mol. The maximum absolute atomic E-state index is 11.8. The fourth-order valence-electron chi connectivity index (χ4n) is 1.88. The smallest absolute Gasteiger partial charge is 0.252 e. The van der Waals surface area contributed by atoms with Gasteiger partial charge in [-0.2, -0.15) is 11.3 Å². The minimum atomic E-state index is -0.115. The van der Waals surface area contributed by atoms with E-state index in [1.165, 1.54) is 11.3 Å². The van der Waals surface area contributed by atoms with Gasteiger partial charge in [-0.25, -0.2) is 0 Å². The van der Waals surface area contributed by atoms with Crippen LogP contribution in [0.5, 0.6) is 0 Å². The summed E-state index contributed by atoms with van der Waals surface area (Å²) in [7, 11) is 0. The monoisotopic (exact) mass is 336 g/mol. The van der Waals surface area contributed by atoms with Crippen LogP contribution in [0, 0.1) is 6.92 Å². The molecule has 2 aromatic rings. The average molecular weight is 337 g/mol. The van der Waals surface area contributed by atoms with Crippen LogP contribution in [0.4, 0.5) is 5.69 Å². The molecule has 2 N–H and O–H groups in total. The van der Waals surface area contributed by atoms with E-state index in [0.29, 0.717) is 35.7 Å². The number of hydrogen-bond acceptors (Lipinski definition) is 3. The van der Waals surface area contributed by atoms with Crippen LogP contribution >= 0.6 is 22.9 Å². The third-order valence-corrected chi connectivity index (χ3v) is 4.04. The Morgan fingerprint density at radius 2 is 2.09 bits per heavy atom. The summed E-state index contributed by atoms with van der Waals surface area (Å²) >= 11 is 7.54. The van der Waals surface area contributed by atoms with E-state index in [1.807, 2.05) is 18.4 Å². The maximum atomic E-state index is 11.8. The van der Waals surface area contributed by atoms with Gasteiger partial charge in [-0.1, -0.05) is 17.7 Å². The Morgan fingerprint density at radius 3 is 2.77 bits per heavy atom. The summed E-state index contributed by atoms with van der Waals surface area (Å²) in [5.74, 6) is -0.223. The Balaban J connectivity index is 1.71. The van der Waals surface area contributed by atoms with Crippen molar-refractivity contribution < 1.29 is 9.59 Å². The summed E-state index contributed by atoms with van der Waals surface area (Å²) in [5, 5.41) is 9.73. The number of thiophene rings is 1. The van der Waals surface area contributed by atoms with Crippen LogP contribution < -0.4 is 10.6 Å². The normalized spacial score (nSPS) is 10.3. The molecule has 2 rings (SSSR count). The zero-order valence-corrected chi connectivity index (χ0v) is 13.8. The van der Waals surface area contributed by atoms with Crippen molar-refractivity contribution in [3.63, 3.8) is 0 Å². The van der Waals surface area contributed by atoms with E-state index in [2.05, 4.69) is 10.6 Å². The average Bonchev–Trinajstić information content (AvgIpc) is 3.01. The first-order valence-corrected chi connectivity index (χ1v) is 8.25. The van der Waals surface area contributed by atoms with Gasteiger partial charge in [-0.3, -0.25) is 9.59 Å². The van der Waals surface area contributed by atoms with Gasteiger partial charge >= 0.3 is 0 Å². The molecule has 116 valence electrons. The first kappa shape index (κ1) is 16.5. The lowest BCUT2D eigenvalue weighted by molar-refractivity contribution is -0.116. The van der Waals surface area contributed by atoms with Crippen LogP contribution in [0.2, 0.25) is 5.02 Å². The molecule has 0 bridgehead atoms. The Bertz CT molecular complexity index is 656. The number of aryl methyl sites for hydroxylation is 1. The number of benzene rings is 1. The van der Waals surface area contributed by atoms with Gasteiger partial charge in [0.1, 0.15) is 0 Å². The molecule has 0 fully saturated rings. The number of carbonyl (C=O) groups excluding carboxylic acids is 2. The predicted molar refractivity (Wildman–Crippen MR) is 90.7 cm³/mol. The van der Waals surface area contributed by atoms with Crippen LogP contribution in [-0.2, 0) is 4.79 Å². The zero-order chi connectivity index (χ0) is 15.9. The highest BCUT2D eigenvalue weighted by atomic mass is 35.5. The SMILES string of the molecule is Cc1ccc(NC(=O)CCCNC(=O)c2ccsc2)c(Cl)c1. The topological polar surface area (TPSA) is 58.2 Å². The first-order chi connectivity index (χ1) is 10.6. The number of rotatable bonds is 6. The van der Waals surface area contributed by atoms with E-state index in [-0.39, 0.29) is 11.8 Å². The number of hydrogen-bond donors (Lipinski definition) is 2. The van der Waals surface area contributed by atoms with Crippen molar-refractivity contribution in [2.45, 2.75) is 19.8 Å². The molecule has 1 aromatic carbocycles. The third-order valence-electron chi connectivity index (χ3n) is 3.05. The minimum Gasteiger partial charge on any atom is -0.352 e. The largest absolute Gasteiger partial charge is 0.352 e. The molecule has 0 saturated carbocycles. The second-order valence-electron chi connectivity index (χ2n) is 4.90. The summed E-state index contributed by atoms with van der Waals surface area (Å²) in [4.78, 5) is 23.5. The number of anilines is 1. The fourth-order valence-corrected chi connectivity index (χ4v) is 2.80. The van der Waals surface area contributed by atoms with Crippen LogP contribution in [0.25, 0.3) is 0 Å². The van der Waals surface area contributed by atoms with Crippen molar-refractivity contribution >= 4 is 40.4 Å². The van der Waals surface area contributed by atoms with Crippen LogP contribution in [0.3, 0.4) is 0 Å². The fraction of sp³-hybridized carbons (Fsp3) is 0.250. The van der Waals surface area contributed by atoms with Crippen molar-refractivity contribution in [2.24, 2.45) is 0 Å². The van der Waals surface area contributed by atoms with Crippen LogP contribution in [0.1, 0.15) is 28.8 Å². The van der Waals surface area contributed by atoms with E-state index in [0.717, 1.165) is 5.56 Å². The molecular formula is C16H17ClN2O2S. The summed E-state index contributed by atoms with van der Waals surface area (Å²) in [5.41, 5.74) is 2.31. The summed E-state index contributed by atoms with van der Waals surface area (Å²) in [6.45, 7) is 2.40. The standard InChI is InChI=1S/C16H17ClN2O2S/c1-11-4-5-14(13(17)9-11)19-15(20)3-2-7-18-16(21)12-6-8-22-10-12/h4-6,8-10H,2-3,7H2,1H3,(H,18,21)(H,19,20). The molecule has 0 radical (unpaired) electrons. The highest BCUT2D eigenvalue weighted by Gasteiger charge is 2.07. The lowest BCUT2D eigenvalue weighted by atomic mass is 10.2. The molecule has 0 atom stereocenters. The highest BCUT2D eigenvalue weighted by molar-refractivity contribution is 7.08. The molecule has 0 aliphatic heterocycles. The number of amides is 2. The number of nitrogens with one attached hydrogen (secondary N) is 2. The van der Waals surface area contributed by atoms with E-state index in [9.17, 15) is 9.59 Å². The summed E-state index contributed by atoms with van der Waals surface area (Å²) < 4.78 is 0. The third kappa shape index (κ3) is 4.86. The van der Waals surface area contributed by atoms with E-state index in [1.54, 1.807) is 23.6 Å². The lowest BCUT2D eigenvalue weighted by Gasteiger charge is -2.08. The van der Waals surface area contributed by atoms with Gasteiger partial charge in [-0.15, -0.1) is 0 Å². The lowest BCUT2D eigenvalue weighted by Crippen LogP contribution is -2.25. The molecule has 0 saturated heterocycles. The van der Waals surface area contributed by atoms with E-state index in [4.69, 9.17) is 11.6 Å². The van der Waals surface area contributed by atoms with Crippen molar-refractivity contribution in [3.8, 4) is 0 Å². The second kappa shape index (κ2) is 7.96. The molecule has 0 unspecified atom stereocenters. The van der Waals surface area contributed by atoms with Gasteiger partial charge in [0, 0.05) is 23.9 Å². The van der Waals surface area contributed by atoms with Crippen molar-refractivity contribution in [3.05, 3.63) is 51.2 Å². The number of halogens is 1. The summed E-state index contributed by atoms with van der Waals surface area (Å²) in [6.07, 6.45) is 0.902. The van der Waals surface area contributed by atoms with E-state index >= 15 is 0 Å². The number of carbonyl (C=O) groups is 2. The van der Waals surface area contributed by atoms with Crippen molar-refractivity contribution in [2.75, 3.05) is 11.9 Å². The molecule has 0 spiro atoms. The molecule has 1 heterocycles. The molecule has 0 aliphatic rings. The molecule has 2 amide bonds. The quantitative estimate of drug-likeness (QED) is 0.787.